The minimum absolute atomic E-state index is 0.0859. The molecule has 1 atom stereocenters. The molecule has 23 heavy (non-hydrogen) atoms. The van der Waals surface area contributed by atoms with E-state index in [1.54, 1.807) is 0 Å². The highest BCUT2D eigenvalue weighted by Crippen LogP contribution is 2.50. The normalized spacial score (nSPS) is 29.0. The number of carbonyl (C=O) groups is 1. The predicted octanol–water partition coefficient (Wildman–Crippen LogP) is 6.28. The third kappa shape index (κ3) is 4.73. The summed E-state index contributed by atoms with van der Waals surface area (Å²) in [6, 6.07) is 0. The summed E-state index contributed by atoms with van der Waals surface area (Å²) in [4.78, 5) is 13.1. The van der Waals surface area contributed by atoms with Crippen molar-refractivity contribution < 1.29 is 9.53 Å². The summed E-state index contributed by atoms with van der Waals surface area (Å²) in [6.07, 6.45) is 15.9. The second-order valence-corrected chi connectivity index (χ2v) is 8.23. The molecule has 0 aromatic carbocycles. The van der Waals surface area contributed by atoms with Gasteiger partial charge in [-0.2, -0.15) is 0 Å². The molecule has 2 fully saturated rings. The molecule has 0 heterocycles. The third-order valence-electron chi connectivity index (χ3n) is 6.48. The van der Waals surface area contributed by atoms with E-state index >= 15 is 0 Å². The van der Waals surface area contributed by atoms with Gasteiger partial charge < -0.3 is 4.74 Å². The van der Waals surface area contributed by atoms with Gasteiger partial charge in [0.05, 0.1) is 11.5 Å². The molecule has 1 unspecified atom stereocenters. The average Bonchev–Trinajstić information content (AvgIpc) is 2.56. The monoisotopic (exact) mass is 322 g/mol. The van der Waals surface area contributed by atoms with Crippen LogP contribution in [0.3, 0.4) is 0 Å². The highest BCUT2D eigenvalue weighted by molar-refractivity contribution is 5.77. The molecule has 0 amide bonds. The maximum absolute atomic E-state index is 13.1. The molecule has 2 saturated carbocycles. The molecular weight excluding hydrogens is 284 g/mol. The van der Waals surface area contributed by atoms with Gasteiger partial charge in [-0.1, -0.05) is 65.2 Å². The Bertz CT molecular complexity index is 349. The van der Waals surface area contributed by atoms with Crippen molar-refractivity contribution in [2.24, 2.45) is 17.3 Å². The SMILES string of the molecule is CCCC(C)OC(=O)C1([C@H]2CC[C@H](CCC)CC2)CCCCC1. The fourth-order valence-electron chi connectivity index (χ4n) is 5.14. The highest BCUT2D eigenvalue weighted by Gasteiger charge is 2.48. The van der Waals surface area contributed by atoms with Gasteiger partial charge in [-0.25, -0.2) is 0 Å². The van der Waals surface area contributed by atoms with Gasteiger partial charge in [-0.05, 0) is 50.9 Å². The second kappa shape index (κ2) is 9.08. The van der Waals surface area contributed by atoms with Gasteiger partial charge in [0.1, 0.15) is 0 Å². The summed E-state index contributed by atoms with van der Waals surface area (Å²) in [5.41, 5.74) is -0.141. The Morgan fingerprint density at radius 2 is 1.70 bits per heavy atom. The molecule has 2 aliphatic rings. The lowest BCUT2D eigenvalue weighted by molar-refractivity contribution is -0.169. The Balaban J connectivity index is 2.02. The second-order valence-electron chi connectivity index (χ2n) is 8.23. The van der Waals surface area contributed by atoms with Crippen LogP contribution in [-0.2, 0) is 9.53 Å². The standard InChI is InChI=1S/C21H38O2/c1-4-9-17(3)23-20(22)21(15-7-6-8-16-21)19-13-11-18(10-5-2)12-14-19/h17-19H,4-16H2,1-3H3/t17?,18-,19-. The van der Waals surface area contributed by atoms with Crippen molar-refractivity contribution >= 4 is 5.97 Å². The Kier molecular flexibility index (Phi) is 7.43. The van der Waals surface area contributed by atoms with Crippen LogP contribution in [0.5, 0.6) is 0 Å². The lowest BCUT2D eigenvalue weighted by atomic mass is 9.60. The lowest BCUT2D eigenvalue weighted by Gasteiger charge is -2.44. The van der Waals surface area contributed by atoms with Crippen LogP contribution in [0.15, 0.2) is 0 Å². The summed E-state index contributed by atoms with van der Waals surface area (Å²) in [7, 11) is 0. The zero-order valence-corrected chi connectivity index (χ0v) is 15.7. The van der Waals surface area contributed by atoms with E-state index in [9.17, 15) is 4.79 Å². The van der Waals surface area contributed by atoms with E-state index in [0.717, 1.165) is 31.6 Å². The fourth-order valence-corrected chi connectivity index (χ4v) is 5.14. The van der Waals surface area contributed by atoms with Crippen molar-refractivity contribution in [3.8, 4) is 0 Å². The molecule has 0 N–H and O–H groups in total. The molecule has 0 aromatic rings. The van der Waals surface area contributed by atoms with E-state index in [0.29, 0.717) is 5.92 Å². The summed E-state index contributed by atoms with van der Waals surface area (Å²) in [5, 5.41) is 0. The first kappa shape index (κ1) is 18.8. The Morgan fingerprint density at radius 3 is 2.26 bits per heavy atom. The van der Waals surface area contributed by atoms with Gasteiger partial charge in [-0.15, -0.1) is 0 Å². The first-order valence-electron chi connectivity index (χ1n) is 10.3. The smallest absolute Gasteiger partial charge is 0.312 e. The molecule has 2 aliphatic carbocycles. The van der Waals surface area contributed by atoms with E-state index in [1.807, 2.05) is 0 Å². The molecule has 0 radical (unpaired) electrons. The van der Waals surface area contributed by atoms with E-state index in [4.69, 9.17) is 4.74 Å². The largest absolute Gasteiger partial charge is 0.462 e. The molecule has 0 bridgehead atoms. The van der Waals surface area contributed by atoms with Crippen LogP contribution in [0.4, 0.5) is 0 Å². The van der Waals surface area contributed by atoms with Gasteiger partial charge in [0.2, 0.25) is 0 Å². The Labute approximate surface area is 143 Å². The molecular formula is C21H38O2. The topological polar surface area (TPSA) is 26.3 Å². The summed E-state index contributed by atoms with van der Waals surface area (Å²) >= 11 is 0. The van der Waals surface area contributed by atoms with E-state index in [-0.39, 0.29) is 17.5 Å². The quantitative estimate of drug-likeness (QED) is 0.516. The number of hydrogen-bond donors (Lipinski definition) is 0. The average molecular weight is 323 g/mol. The molecule has 0 aliphatic heterocycles. The zero-order valence-electron chi connectivity index (χ0n) is 15.7. The summed E-state index contributed by atoms with van der Waals surface area (Å²) in [5.74, 6) is 1.64. The zero-order chi connectivity index (χ0) is 16.7. The first-order chi connectivity index (χ1) is 11.1. The molecule has 2 rings (SSSR count). The van der Waals surface area contributed by atoms with Crippen LogP contribution in [0.2, 0.25) is 0 Å². The van der Waals surface area contributed by atoms with Gasteiger partial charge in [0.15, 0.2) is 0 Å². The van der Waals surface area contributed by atoms with Crippen molar-refractivity contribution in [1.29, 1.82) is 0 Å². The molecule has 0 aromatic heterocycles. The van der Waals surface area contributed by atoms with Crippen LogP contribution in [0, 0.1) is 17.3 Å². The summed E-state index contributed by atoms with van der Waals surface area (Å²) < 4.78 is 5.92. The van der Waals surface area contributed by atoms with Crippen LogP contribution in [-0.4, -0.2) is 12.1 Å². The van der Waals surface area contributed by atoms with Crippen molar-refractivity contribution in [1.82, 2.24) is 0 Å². The molecule has 2 nitrogen and oxygen atoms in total. The minimum atomic E-state index is -0.141. The molecule has 0 saturated heterocycles. The van der Waals surface area contributed by atoms with Gasteiger partial charge >= 0.3 is 5.97 Å². The third-order valence-corrected chi connectivity index (χ3v) is 6.48. The van der Waals surface area contributed by atoms with E-state index < -0.39 is 0 Å². The van der Waals surface area contributed by atoms with Crippen LogP contribution in [0.25, 0.3) is 0 Å². The van der Waals surface area contributed by atoms with Crippen molar-refractivity contribution in [3.05, 3.63) is 0 Å². The maximum Gasteiger partial charge on any atom is 0.312 e. The lowest BCUT2D eigenvalue weighted by Crippen LogP contribution is -2.44. The van der Waals surface area contributed by atoms with Crippen molar-refractivity contribution in [3.63, 3.8) is 0 Å². The Hall–Kier alpha value is -0.530. The maximum atomic E-state index is 13.1. The minimum Gasteiger partial charge on any atom is -0.462 e. The predicted molar refractivity (Wildman–Crippen MR) is 96.3 cm³/mol. The number of carbonyl (C=O) groups excluding carboxylic acids is 1. The van der Waals surface area contributed by atoms with E-state index in [1.165, 1.54) is 57.8 Å². The number of hydrogen-bond acceptors (Lipinski definition) is 2. The number of esters is 1. The van der Waals surface area contributed by atoms with Gasteiger partial charge in [-0.3, -0.25) is 4.79 Å². The van der Waals surface area contributed by atoms with Crippen molar-refractivity contribution in [2.75, 3.05) is 0 Å². The van der Waals surface area contributed by atoms with Gasteiger partial charge in [0.25, 0.3) is 0 Å². The molecule has 0 spiro atoms. The highest BCUT2D eigenvalue weighted by atomic mass is 16.5. The number of rotatable bonds is 7. The van der Waals surface area contributed by atoms with Crippen LogP contribution >= 0.6 is 0 Å². The van der Waals surface area contributed by atoms with Crippen molar-refractivity contribution in [2.45, 2.75) is 110 Å². The fraction of sp³-hybridized carbons (Fsp3) is 0.952. The Morgan fingerprint density at radius 1 is 1.04 bits per heavy atom. The number of ether oxygens (including phenoxy) is 1. The summed E-state index contributed by atoms with van der Waals surface area (Å²) in [6.45, 7) is 6.52. The van der Waals surface area contributed by atoms with Gasteiger partial charge in [0, 0.05) is 0 Å². The van der Waals surface area contributed by atoms with Crippen LogP contribution in [0.1, 0.15) is 104 Å². The first-order valence-corrected chi connectivity index (χ1v) is 10.3. The molecule has 2 heteroatoms. The van der Waals surface area contributed by atoms with E-state index in [2.05, 4.69) is 20.8 Å². The van der Waals surface area contributed by atoms with Crippen LogP contribution < -0.4 is 0 Å². The molecule has 134 valence electrons.